The Morgan fingerprint density at radius 2 is 1.46 bits per heavy atom. The van der Waals surface area contributed by atoms with E-state index >= 15 is 0 Å². The number of hydrogen-bond acceptors (Lipinski definition) is 3. The van der Waals surface area contributed by atoms with Gasteiger partial charge in [-0.15, -0.1) is 0 Å². The molecule has 3 nitrogen and oxygen atoms in total. The van der Waals surface area contributed by atoms with E-state index in [1.807, 2.05) is 24.3 Å². The summed E-state index contributed by atoms with van der Waals surface area (Å²) in [6.45, 7) is 12.3. The maximum atomic E-state index is 11.8. The molecule has 0 spiro atoms. The molecule has 0 saturated carbocycles. The van der Waals surface area contributed by atoms with Gasteiger partial charge in [0.2, 0.25) is 0 Å². The fraction of sp³-hybridized carbons (Fsp3) is 0.480. The Kier molecular flexibility index (Phi) is 4.24. The number of hydrogen-bond donors (Lipinski definition) is 0. The van der Waals surface area contributed by atoms with Gasteiger partial charge in [-0.05, 0) is 70.5 Å². The highest BCUT2D eigenvalue weighted by Crippen LogP contribution is 2.51. The van der Waals surface area contributed by atoms with Gasteiger partial charge in [0.05, 0.1) is 19.3 Å². The topological polar surface area (TPSA) is 38.8 Å². The molecule has 0 N–H and O–H groups in total. The molecule has 0 radical (unpaired) electrons. The Morgan fingerprint density at radius 1 is 0.929 bits per heavy atom. The van der Waals surface area contributed by atoms with Crippen LogP contribution in [0.1, 0.15) is 78.7 Å². The SMILES string of the molecule is COC(=O)c1ccc(C2(c3cc4c(cc3C)C(C)(C)CCC4(C)C)CO2)cc1. The van der Waals surface area contributed by atoms with E-state index in [1.54, 1.807) is 0 Å². The van der Waals surface area contributed by atoms with E-state index in [1.165, 1.54) is 42.2 Å². The minimum absolute atomic E-state index is 0.165. The normalized spacial score (nSPS) is 24.4. The molecular weight excluding hydrogens is 348 g/mol. The van der Waals surface area contributed by atoms with Crippen molar-refractivity contribution in [2.45, 2.75) is 63.9 Å². The van der Waals surface area contributed by atoms with Gasteiger partial charge in [-0.1, -0.05) is 52.0 Å². The smallest absolute Gasteiger partial charge is 0.337 e. The predicted molar refractivity (Wildman–Crippen MR) is 111 cm³/mol. The van der Waals surface area contributed by atoms with E-state index in [4.69, 9.17) is 9.47 Å². The monoisotopic (exact) mass is 378 g/mol. The maximum Gasteiger partial charge on any atom is 0.337 e. The van der Waals surface area contributed by atoms with Crippen LogP contribution in [0.3, 0.4) is 0 Å². The van der Waals surface area contributed by atoms with Gasteiger partial charge in [0.25, 0.3) is 0 Å². The van der Waals surface area contributed by atoms with Gasteiger partial charge in [0, 0.05) is 0 Å². The van der Waals surface area contributed by atoms with Crippen molar-refractivity contribution < 1.29 is 14.3 Å². The van der Waals surface area contributed by atoms with Crippen LogP contribution in [0.4, 0.5) is 0 Å². The Bertz CT molecular complexity index is 931. The first-order chi connectivity index (χ1) is 13.1. The fourth-order valence-corrected chi connectivity index (χ4v) is 4.70. The molecule has 2 aliphatic rings. The summed E-state index contributed by atoms with van der Waals surface area (Å²) in [7, 11) is 1.40. The van der Waals surface area contributed by atoms with Crippen LogP contribution in [0.15, 0.2) is 36.4 Å². The zero-order valence-electron chi connectivity index (χ0n) is 17.8. The fourth-order valence-electron chi connectivity index (χ4n) is 4.70. The third-order valence-electron chi connectivity index (χ3n) is 6.84. The molecule has 28 heavy (non-hydrogen) atoms. The average Bonchev–Trinajstić information content (AvgIpc) is 3.46. The second kappa shape index (κ2) is 6.18. The lowest BCUT2D eigenvalue weighted by Crippen LogP contribution is -2.34. The Hall–Kier alpha value is -2.13. The van der Waals surface area contributed by atoms with Crippen LogP contribution >= 0.6 is 0 Å². The molecule has 0 bridgehead atoms. The number of fused-ring (bicyclic) bond motifs is 1. The van der Waals surface area contributed by atoms with E-state index in [0.29, 0.717) is 12.2 Å². The van der Waals surface area contributed by atoms with Crippen LogP contribution in [-0.4, -0.2) is 19.7 Å². The van der Waals surface area contributed by atoms with Gasteiger partial charge in [0.1, 0.15) is 5.60 Å². The van der Waals surface area contributed by atoms with Crippen LogP contribution in [0.2, 0.25) is 0 Å². The Labute approximate surface area is 168 Å². The molecule has 1 unspecified atom stereocenters. The van der Waals surface area contributed by atoms with E-state index in [9.17, 15) is 4.79 Å². The second-order valence-corrected chi connectivity index (χ2v) is 9.67. The number of methoxy groups -OCH3 is 1. The van der Waals surface area contributed by atoms with Gasteiger partial charge in [-0.2, -0.15) is 0 Å². The van der Waals surface area contributed by atoms with Gasteiger partial charge in [-0.3, -0.25) is 0 Å². The first-order valence-corrected chi connectivity index (χ1v) is 10.1. The minimum atomic E-state index is -0.397. The minimum Gasteiger partial charge on any atom is -0.465 e. The summed E-state index contributed by atoms with van der Waals surface area (Å²) in [6, 6.07) is 12.4. The molecular formula is C25H30O3. The van der Waals surface area contributed by atoms with E-state index in [2.05, 4.69) is 46.8 Å². The number of carbonyl (C=O) groups excluding carboxylic acids is 1. The number of aryl methyl sites for hydroxylation is 1. The summed E-state index contributed by atoms with van der Waals surface area (Å²) < 4.78 is 10.9. The zero-order valence-corrected chi connectivity index (χ0v) is 17.8. The molecule has 1 aliphatic heterocycles. The highest BCUT2D eigenvalue weighted by molar-refractivity contribution is 5.89. The van der Waals surface area contributed by atoms with Crippen molar-refractivity contribution in [3.63, 3.8) is 0 Å². The molecule has 1 saturated heterocycles. The summed E-state index contributed by atoms with van der Waals surface area (Å²) in [5.74, 6) is -0.314. The molecule has 1 atom stereocenters. The van der Waals surface area contributed by atoms with E-state index in [-0.39, 0.29) is 16.8 Å². The number of rotatable bonds is 3. The molecule has 1 aliphatic carbocycles. The summed E-state index contributed by atoms with van der Waals surface area (Å²) in [5, 5.41) is 0. The average molecular weight is 379 g/mol. The molecule has 3 heteroatoms. The first kappa shape index (κ1) is 19.2. The van der Waals surface area contributed by atoms with Crippen molar-refractivity contribution in [2.24, 2.45) is 0 Å². The molecule has 1 heterocycles. The standard InChI is InChI=1S/C25H30O3/c1-16-13-20-21(24(4,5)12-11-23(20,2)3)14-19(16)25(15-28-25)18-9-7-17(8-10-18)22(26)27-6/h7-10,13-14H,11-12,15H2,1-6H3. The highest BCUT2D eigenvalue weighted by atomic mass is 16.6. The summed E-state index contributed by atoms with van der Waals surface area (Å²) in [6.07, 6.45) is 2.40. The lowest BCUT2D eigenvalue weighted by molar-refractivity contribution is 0.0600. The van der Waals surface area contributed by atoms with Crippen LogP contribution in [-0.2, 0) is 25.9 Å². The van der Waals surface area contributed by atoms with Crippen molar-refractivity contribution in [1.82, 2.24) is 0 Å². The van der Waals surface area contributed by atoms with Gasteiger partial charge >= 0.3 is 5.97 Å². The first-order valence-electron chi connectivity index (χ1n) is 10.1. The number of benzene rings is 2. The largest absolute Gasteiger partial charge is 0.465 e. The molecule has 4 rings (SSSR count). The lowest BCUT2D eigenvalue weighted by Gasteiger charge is -2.42. The molecule has 0 amide bonds. The summed E-state index contributed by atoms with van der Waals surface area (Å²) >= 11 is 0. The third kappa shape index (κ3) is 2.88. The van der Waals surface area contributed by atoms with Crippen LogP contribution in [0, 0.1) is 6.92 Å². The summed E-state index contributed by atoms with van der Waals surface area (Å²) in [4.78, 5) is 11.8. The predicted octanol–water partition coefficient (Wildman–Crippen LogP) is 5.40. The highest BCUT2D eigenvalue weighted by Gasteiger charge is 2.50. The maximum absolute atomic E-state index is 11.8. The molecule has 0 aromatic heterocycles. The van der Waals surface area contributed by atoms with Gasteiger partial charge < -0.3 is 9.47 Å². The van der Waals surface area contributed by atoms with Gasteiger partial charge in [0.15, 0.2) is 0 Å². The van der Waals surface area contributed by atoms with Crippen molar-refractivity contribution >= 4 is 5.97 Å². The van der Waals surface area contributed by atoms with Crippen molar-refractivity contribution in [3.05, 3.63) is 69.8 Å². The summed E-state index contributed by atoms with van der Waals surface area (Å²) in [5.41, 5.74) is 7.08. The van der Waals surface area contributed by atoms with E-state index < -0.39 is 5.60 Å². The van der Waals surface area contributed by atoms with E-state index in [0.717, 1.165) is 5.56 Å². The Balaban J connectivity index is 1.80. The number of carbonyl (C=O) groups is 1. The number of esters is 1. The second-order valence-electron chi connectivity index (χ2n) is 9.67. The van der Waals surface area contributed by atoms with Crippen LogP contribution in [0.5, 0.6) is 0 Å². The number of ether oxygens (including phenoxy) is 2. The lowest BCUT2D eigenvalue weighted by atomic mass is 9.62. The van der Waals surface area contributed by atoms with Crippen LogP contribution in [0.25, 0.3) is 0 Å². The molecule has 1 fully saturated rings. The van der Waals surface area contributed by atoms with Crippen molar-refractivity contribution in [1.29, 1.82) is 0 Å². The van der Waals surface area contributed by atoms with Gasteiger partial charge in [-0.25, -0.2) is 4.79 Å². The van der Waals surface area contributed by atoms with Crippen molar-refractivity contribution in [2.75, 3.05) is 13.7 Å². The molecule has 2 aromatic rings. The number of epoxide rings is 1. The molecule has 2 aromatic carbocycles. The third-order valence-corrected chi connectivity index (χ3v) is 6.84. The quantitative estimate of drug-likeness (QED) is 0.530. The van der Waals surface area contributed by atoms with Crippen LogP contribution < -0.4 is 0 Å². The van der Waals surface area contributed by atoms with Crippen molar-refractivity contribution in [3.8, 4) is 0 Å². The molecule has 148 valence electrons. The Morgan fingerprint density at radius 3 is 1.96 bits per heavy atom. The zero-order chi connectivity index (χ0) is 20.3.